The SMILES string of the molecule is CC(=O)CCC=C(C)COC1OC(CO)C(O)C(O)C1O. The lowest BCUT2D eigenvalue weighted by Gasteiger charge is -2.39. The van der Waals surface area contributed by atoms with Gasteiger partial charge in [-0.2, -0.15) is 0 Å². The molecule has 0 spiro atoms. The van der Waals surface area contributed by atoms with Crippen LogP contribution in [-0.2, 0) is 14.3 Å². The molecule has 7 heteroatoms. The highest BCUT2D eigenvalue weighted by Crippen LogP contribution is 2.22. The van der Waals surface area contributed by atoms with Crippen molar-refractivity contribution in [2.24, 2.45) is 0 Å². The molecule has 0 aromatic heterocycles. The Morgan fingerprint density at radius 1 is 1.19 bits per heavy atom. The van der Waals surface area contributed by atoms with Crippen molar-refractivity contribution in [1.82, 2.24) is 0 Å². The van der Waals surface area contributed by atoms with Gasteiger partial charge < -0.3 is 34.7 Å². The molecular formula is C14H24O7. The zero-order chi connectivity index (χ0) is 16.0. The number of hydrogen-bond acceptors (Lipinski definition) is 7. The predicted octanol–water partition coefficient (Wildman–Crippen LogP) is -0.882. The molecule has 4 N–H and O–H groups in total. The van der Waals surface area contributed by atoms with Crippen molar-refractivity contribution in [2.75, 3.05) is 13.2 Å². The quantitative estimate of drug-likeness (QED) is 0.451. The van der Waals surface area contributed by atoms with Gasteiger partial charge in [-0.1, -0.05) is 11.6 Å². The number of carbonyl (C=O) groups is 1. The average Bonchev–Trinajstić information content (AvgIpc) is 2.43. The number of aliphatic hydroxyl groups excluding tert-OH is 4. The summed E-state index contributed by atoms with van der Waals surface area (Å²) in [6.07, 6.45) is -3.41. The van der Waals surface area contributed by atoms with Crippen LogP contribution in [0.4, 0.5) is 0 Å². The van der Waals surface area contributed by atoms with Gasteiger partial charge in [-0.15, -0.1) is 0 Å². The Balaban J connectivity index is 2.48. The van der Waals surface area contributed by atoms with Crippen LogP contribution in [0.5, 0.6) is 0 Å². The molecule has 5 unspecified atom stereocenters. The molecule has 0 saturated carbocycles. The first-order valence-corrected chi connectivity index (χ1v) is 6.94. The molecule has 0 bridgehead atoms. The van der Waals surface area contributed by atoms with E-state index in [0.29, 0.717) is 12.8 Å². The fourth-order valence-corrected chi connectivity index (χ4v) is 2.00. The smallest absolute Gasteiger partial charge is 0.187 e. The second-order valence-electron chi connectivity index (χ2n) is 5.30. The monoisotopic (exact) mass is 304 g/mol. The topological polar surface area (TPSA) is 116 Å². The van der Waals surface area contributed by atoms with Crippen LogP contribution < -0.4 is 0 Å². The lowest BCUT2D eigenvalue weighted by molar-refractivity contribution is -0.299. The molecule has 21 heavy (non-hydrogen) atoms. The first kappa shape index (κ1) is 18.2. The van der Waals surface area contributed by atoms with Crippen molar-refractivity contribution in [2.45, 2.75) is 57.4 Å². The molecule has 1 heterocycles. The van der Waals surface area contributed by atoms with Gasteiger partial charge in [-0.3, -0.25) is 0 Å². The van der Waals surface area contributed by atoms with Gasteiger partial charge in [0.15, 0.2) is 6.29 Å². The van der Waals surface area contributed by atoms with Gasteiger partial charge in [-0.05, 0) is 20.3 Å². The zero-order valence-corrected chi connectivity index (χ0v) is 12.3. The molecule has 0 aromatic carbocycles. The fourth-order valence-electron chi connectivity index (χ4n) is 2.00. The van der Waals surface area contributed by atoms with E-state index >= 15 is 0 Å². The summed E-state index contributed by atoms with van der Waals surface area (Å²) in [4.78, 5) is 10.8. The molecule has 1 aliphatic rings. The Morgan fingerprint density at radius 2 is 1.86 bits per heavy atom. The van der Waals surface area contributed by atoms with E-state index in [1.807, 2.05) is 13.0 Å². The Labute approximate surface area is 123 Å². The summed E-state index contributed by atoms with van der Waals surface area (Å²) in [6, 6.07) is 0. The first-order valence-electron chi connectivity index (χ1n) is 6.94. The Bertz CT molecular complexity index is 366. The average molecular weight is 304 g/mol. The summed E-state index contributed by atoms with van der Waals surface area (Å²) in [7, 11) is 0. The van der Waals surface area contributed by atoms with Gasteiger partial charge in [-0.25, -0.2) is 0 Å². The molecule has 0 amide bonds. The summed E-state index contributed by atoms with van der Waals surface area (Å²) in [5, 5.41) is 38.1. The molecule has 0 aromatic rings. The zero-order valence-electron chi connectivity index (χ0n) is 12.3. The van der Waals surface area contributed by atoms with E-state index in [-0.39, 0.29) is 12.4 Å². The van der Waals surface area contributed by atoms with Crippen LogP contribution in [0.3, 0.4) is 0 Å². The van der Waals surface area contributed by atoms with Gasteiger partial charge in [0.05, 0.1) is 13.2 Å². The van der Waals surface area contributed by atoms with E-state index in [1.165, 1.54) is 6.92 Å². The van der Waals surface area contributed by atoms with Crippen LogP contribution in [0, 0.1) is 0 Å². The number of ether oxygens (including phenoxy) is 2. The Morgan fingerprint density at radius 3 is 2.43 bits per heavy atom. The predicted molar refractivity (Wildman–Crippen MR) is 73.4 cm³/mol. The summed E-state index contributed by atoms with van der Waals surface area (Å²) < 4.78 is 10.6. The molecule has 0 aliphatic carbocycles. The molecule has 1 saturated heterocycles. The standard InChI is InChI=1S/C14H24O7/c1-8(4-3-5-9(2)16)7-20-14-13(19)12(18)11(17)10(6-15)21-14/h4,10-15,17-19H,3,5-7H2,1-2H3. The third kappa shape index (κ3) is 5.46. The largest absolute Gasteiger partial charge is 0.394 e. The highest BCUT2D eigenvalue weighted by molar-refractivity contribution is 5.75. The first-order chi connectivity index (χ1) is 9.86. The van der Waals surface area contributed by atoms with E-state index in [0.717, 1.165) is 5.57 Å². The number of carbonyl (C=O) groups excluding carboxylic acids is 1. The van der Waals surface area contributed by atoms with Crippen molar-refractivity contribution in [3.63, 3.8) is 0 Å². The van der Waals surface area contributed by atoms with Crippen molar-refractivity contribution < 1.29 is 34.7 Å². The second kappa shape index (κ2) is 8.57. The number of hydrogen-bond donors (Lipinski definition) is 4. The highest BCUT2D eigenvalue weighted by atomic mass is 16.7. The number of rotatable bonds is 7. The maximum Gasteiger partial charge on any atom is 0.187 e. The molecule has 1 aliphatic heterocycles. The Kier molecular flexibility index (Phi) is 7.44. The van der Waals surface area contributed by atoms with Crippen molar-refractivity contribution >= 4 is 5.78 Å². The number of aliphatic hydroxyl groups is 4. The molecule has 0 radical (unpaired) electrons. The van der Waals surface area contributed by atoms with Crippen molar-refractivity contribution in [3.8, 4) is 0 Å². The van der Waals surface area contributed by atoms with Crippen LogP contribution in [0.2, 0.25) is 0 Å². The van der Waals surface area contributed by atoms with Gasteiger partial charge in [0, 0.05) is 6.42 Å². The minimum atomic E-state index is -1.44. The highest BCUT2D eigenvalue weighted by Gasteiger charge is 2.43. The summed E-state index contributed by atoms with van der Waals surface area (Å²) >= 11 is 0. The Hall–Kier alpha value is -0.830. The molecular weight excluding hydrogens is 280 g/mol. The lowest BCUT2D eigenvalue weighted by Crippen LogP contribution is -2.59. The molecule has 1 rings (SSSR count). The number of Topliss-reactive ketones (excluding diaryl/α,β-unsaturated/α-hetero) is 1. The van der Waals surface area contributed by atoms with Crippen molar-refractivity contribution in [3.05, 3.63) is 11.6 Å². The van der Waals surface area contributed by atoms with Crippen LogP contribution in [0.15, 0.2) is 11.6 Å². The van der Waals surface area contributed by atoms with E-state index in [2.05, 4.69) is 0 Å². The minimum absolute atomic E-state index is 0.105. The van der Waals surface area contributed by atoms with Gasteiger partial charge in [0.25, 0.3) is 0 Å². The molecule has 122 valence electrons. The normalized spacial score (nSPS) is 34.0. The van der Waals surface area contributed by atoms with Gasteiger partial charge in [0.2, 0.25) is 0 Å². The van der Waals surface area contributed by atoms with Gasteiger partial charge in [0.1, 0.15) is 30.2 Å². The van der Waals surface area contributed by atoms with Crippen LogP contribution in [0.25, 0.3) is 0 Å². The third-order valence-corrected chi connectivity index (χ3v) is 3.31. The van der Waals surface area contributed by atoms with Crippen LogP contribution in [-0.4, -0.2) is 70.1 Å². The molecule has 7 nitrogen and oxygen atoms in total. The minimum Gasteiger partial charge on any atom is -0.394 e. The van der Waals surface area contributed by atoms with Crippen molar-refractivity contribution in [1.29, 1.82) is 0 Å². The van der Waals surface area contributed by atoms with E-state index in [4.69, 9.17) is 14.6 Å². The van der Waals surface area contributed by atoms with E-state index in [1.54, 1.807) is 0 Å². The maximum atomic E-state index is 10.8. The van der Waals surface area contributed by atoms with Crippen LogP contribution in [0.1, 0.15) is 26.7 Å². The molecule has 5 atom stereocenters. The van der Waals surface area contributed by atoms with E-state index < -0.39 is 37.3 Å². The molecule has 1 fully saturated rings. The van der Waals surface area contributed by atoms with E-state index in [9.17, 15) is 20.1 Å². The summed E-state index contributed by atoms with van der Waals surface area (Å²) in [6.45, 7) is 3.00. The van der Waals surface area contributed by atoms with Crippen LogP contribution >= 0.6 is 0 Å². The van der Waals surface area contributed by atoms with Gasteiger partial charge >= 0.3 is 0 Å². The number of ketones is 1. The fraction of sp³-hybridized carbons (Fsp3) is 0.786. The summed E-state index contributed by atoms with van der Waals surface area (Å²) in [5.41, 5.74) is 0.855. The second-order valence-corrected chi connectivity index (χ2v) is 5.30. The summed E-state index contributed by atoms with van der Waals surface area (Å²) in [5.74, 6) is 0.105. The lowest BCUT2D eigenvalue weighted by atomic mass is 9.99. The third-order valence-electron chi connectivity index (χ3n) is 3.31. The number of allylic oxidation sites excluding steroid dienone is 1. The maximum absolute atomic E-state index is 10.8.